The lowest BCUT2D eigenvalue weighted by molar-refractivity contribution is 0.843. The summed E-state index contributed by atoms with van der Waals surface area (Å²) in [4.78, 5) is 4.56. The van der Waals surface area contributed by atoms with Crippen LogP contribution in [0.4, 0.5) is 5.69 Å². The number of aryl methyl sites for hydroxylation is 3. The van der Waals surface area contributed by atoms with E-state index < -0.39 is 0 Å². The topological polar surface area (TPSA) is 24.9 Å². The quantitative estimate of drug-likeness (QED) is 0.694. The molecule has 4 heteroatoms. The Bertz CT molecular complexity index is 617. The van der Waals surface area contributed by atoms with E-state index >= 15 is 0 Å². The van der Waals surface area contributed by atoms with Crippen molar-refractivity contribution in [2.75, 3.05) is 5.32 Å². The van der Waals surface area contributed by atoms with Crippen LogP contribution in [0.25, 0.3) is 0 Å². The summed E-state index contributed by atoms with van der Waals surface area (Å²) in [6, 6.07) is 8.32. The van der Waals surface area contributed by atoms with E-state index in [0.717, 1.165) is 25.7 Å². The molecule has 20 heavy (non-hydrogen) atoms. The lowest BCUT2D eigenvalue weighted by Gasteiger charge is -2.21. The Balaban J connectivity index is 2.31. The summed E-state index contributed by atoms with van der Waals surface area (Å²) in [5.74, 6) is 0. The highest BCUT2D eigenvalue weighted by Crippen LogP contribution is 2.29. The molecule has 0 saturated heterocycles. The average molecular weight is 401 g/mol. The number of rotatable bonds is 3. The van der Waals surface area contributed by atoms with Crippen LogP contribution in [0, 0.1) is 24.3 Å². The van der Waals surface area contributed by atoms with Crippen LogP contribution < -0.4 is 5.32 Å². The van der Waals surface area contributed by atoms with Crippen molar-refractivity contribution < 1.29 is 0 Å². The molecule has 2 rings (SSSR count). The first-order valence-corrected chi connectivity index (χ1v) is 8.00. The maximum atomic E-state index is 6.28. The highest BCUT2D eigenvalue weighted by molar-refractivity contribution is 14.1. The van der Waals surface area contributed by atoms with Crippen LogP contribution in [-0.2, 0) is 0 Å². The summed E-state index contributed by atoms with van der Waals surface area (Å²) in [5, 5.41) is 4.23. The molecule has 0 bridgehead atoms. The molecular formula is C16H18ClIN2. The van der Waals surface area contributed by atoms with E-state index in [2.05, 4.69) is 65.8 Å². The molecule has 1 N–H and O–H groups in total. The third kappa shape index (κ3) is 3.44. The molecule has 1 atom stereocenters. The van der Waals surface area contributed by atoms with E-state index in [4.69, 9.17) is 11.6 Å². The van der Waals surface area contributed by atoms with Gasteiger partial charge < -0.3 is 5.32 Å². The molecule has 106 valence electrons. The van der Waals surface area contributed by atoms with E-state index in [0.29, 0.717) is 0 Å². The van der Waals surface area contributed by atoms with Gasteiger partial charge in [0.05, 0.1) is 16.8 Å². The molecule has 1 aromatic heterocycles. The van der Waals surface area contributed by atoms with E-state index in [-0.39, 0.29) is 6.04 Å². The first kappa shape index (κ1) is 15.6. The van der Waals surface area contributed by atoms with Crippen LogP contribution in [0.5, 0.6) is 0 Å². The number of aromatic nitrogens is 1. The third-order valence-corrected chi connectivity index (χ3v) is 4.30. The van der Waals surface area contributed by atoms with E-state index in [1.54, 1.807) is 0 Å². The zero-order valence-corrected chi connectivity index (χ0v) is 15.0. The van der Waals surface area contributed by atoms with Gasteiger partial charge >= 0.3 is 0 Å². The molecule has 0 aliphatic carbocycles. The van der Waals surface area contributed by atoms with E-state index in [9.17, 15) is 0 Å². The van der Waals surface area contributed by atoms with Crippen LogP contribution in [0.3, 0.4) is 0 Å². The number of hydrogen-bond acceptors (Lipinski definition) is 2. The van der Waals surface area contributed by atoms with Gasteiger partial charge in [0.15, 0.2) is 0 Å². The van der Waals surface area contributed by atoms with E-state index in [1.165, 1.54) is 11.1 Å². The summed E-state index contributed by atoms with van der Waals surface area (Å²) < 4.78 is 1.13. The van der Waals surface area contributed by atoms with Gasteiger partial charge in [0.2, 0.25) is 0 Å². The van der Waals surface area contributed by atoms with Gasteiger partial charge in [0.25, 0.3) is 0 Å². The Labute approximate surface area is 139 Å². The number of hydrogen-bond donors (Lipinski definition) is 1. The van der Waals surface area contributed by atoms with Crippen molar-refractivity contribution in [3.8, 4) is 0 Å². The minimum absolute atomic E-state index is 0.167. The van der Waals surface area contributed by atoms with Crippen LogP contribution >= 0.6 is 34.2 Å². The summed E-state index contributed by atoms with van der Waals surface area (Å²) in [7, 11) is 0. The summed E-state index contributed by atoms with van der Waals surface area (Å²) in [6.07, 6.45) is 0. The predicted octanol–water partition coefficient (Wildman–Crippen LogP) is 5.44. The molecule has 1 aromatic carbocycles. The summed E-state index contributed by atoms with van der Waals surface area (Å²) >= 11 is 8.54. The number of benzene rings is 1. The smallest absolute Gasteiger partial charge is 0.0648 e. The van der Waals surface area contributed by atoms with Gasteiger partial charge in [0.1, 0.15) is 0 Å². The molecule has 0 amide bonds. The number of nitrogens with one attached hydrogen (secondary N) is 1. The number of anilines is 1. The van der Waals surface area contributed by atoms with Crippen LogP contribution in [0.15, 0.2) is 24.3 Å². The minimum Gasteiger partial charge on any atom is -0.377 e. The highest BCUT2D eigenvalue weighted by Gasteiger charge is 2.14. The van der Waals surface area contributed by atoms with Crippen molar-refractivity contribution >= 4 is 39.9 Å². The maximum Gasteiger partial charge on any atom is 0.0648 e. The molecule has 0 fully saturated rings. The first-order valence-electron chi connectivity index (χ1n) is 6.55. The molecule has 1 unspecified atom stereocenters. The fraction of sp³-hybridized carbons (Fsp3) is 0.312. The molecule has 0 spiro atoms. The van der Waals surface area contributed by atoms with Crippen molar-refractivity contribution in [2.45, 2.75) is 33.7 Å². The second-order valence-electron chi connectivity index (χ2n) is 5.07. The van der Waals surface area contributed by atoms with Crippen molar-refractivity contribution in [3.05, 3.63) is 55.4 Å². The van der Waals surface area contributed by atoms with Crippen molar-refractivity contribution in [2.24, 2.45) is 0 Å². The lowest BCUT2D eigenvalue weighted by atomic mass is 10.00. The Kier molecular flexibility index (Phi) is 4.91. The number of pyridine rings is 1. The molecule has 2 aromatic rings. The maximum absolute atomic E-state index is 6.28. The minimum atomic E-state index is 0.167. The van der Waals surface area contributed by atoms with Crippen molar-refractivity contribution in [1.29, 1.82) is 0 Å². The monoisotopic (exact) mass is 400 g/mol. The molecular weight excluding hydrogens is 383 g/mol. The van der Waals surface area contributed by atoms with Crippen LogP contribution in [0.2, 0.25) is 5.02 Å². The van der Waals surface area contributed by atoms with Crippen LogP contribution in [-0.4, -0.2) is 4.98 Å². The second kappa shape index (κ2) is 6.31. The number of halogens is 2. The van der Waals surface area contributed by atoms with Gasteiger partial charge in [-0.05, 0) is 85.7 Å². The highest BCUT2D eigenvalue weighted by atomic mass is 127. The normalized spacial score (nSPS) is 12.3. The van der Waals surface area contributed by atoms with Crippen molar-refractivity contribution in [3.63, 3.8) is 0 Å². The fourth-order valence-electron chi connectivity index (χ4n) is 2.60. The standard InChI is InChI=1S/C16H18ClIN2/c1-9-7-10(2)19-11(3)16(9)12(4)20-15-6-5-13(18)8-14(15)17/h5-8,12,20H,1-4H3. The zero-order chi connectivity index (χ0) is 14.9. The van der Waals surface area contributed by atoms with Gasteiger partial charge in [-0.2, -0.15) is 0 Å². The third-order valence-electron chi connectivity index (χ3n) is 3.32. The van der Waals surface area contributed by atoms with Gasteiger partial charge in [-0.25, -0.2) is 0 Å². The molecule has 1 heterocycles. The lowest BCUT2D eigenvalue weighted by Crippen LogP contribution is -2.12. The SMILES string of the molecule is Cc1cc(C)c(C(C)Nc2ccc(I)cc2Cl)c(C)n1. The van der Waals surface area contributed by atoms with Crippen LogP contribution in [0.1, 0.15) is 35.5 Å². The molecule has 0 saturated carbocycles. The molecule has 2 nitrogen and oxygen atoms in total. The van der Waals surface area contributed by atoms with Gasteiger partial charge in [-0.1, -0.05) is 11.6 Å². The van der Waals surface area contributed by atoms with Gasteiger partial charge in [-0.15, -0.1) is 0 Å². The Morgan fingerprint density at radius 1 is 1.20 bits per heavy atom. The molecule has 0 radical (unpaired) electrons. The molecule has 0 aliphatic heterocycles. The van der Waals surface area contributed by atoms with E-state index in [1.807, 2.05) is 19.1 Å². The van der Waals surface area contributed by atoms with Gasteiger partial charge in [0, 0.05) is 15.0 Å². The largest absolute Gasteiger partial charge is 0.377 e. The average Bonchev–Trinajstić information content (AvgIpc) is 2.31. The first-order chi connectivity index (χ1) is 9.38. The predicted molar refractivity (Wildman–Crippen MR) is 94.7 cm³/mol. The van der Waals surface area contributed by atoms with Gasteiger partial charge in [-0.3, -0.25) is 4.98 Å². The summed E-state index contributed by atoms with van der Waals surface area (Å²) in [5.41, 5.74) is 5.59. The Morgan fingerprint density at radius 3 is 2.50 bits per heavy atom. The Hall–Kier alpha value is -0.810. The second-order valence-corrected chi connectivity index (χ2v) is 6.72. The fourth-order valence-corrected chi connectivity index (χ4v) is 3.51. The van der Waals surface area contributed by atoms with Crippen molar-refractivity contribution in [1.82, 2.24) is 4.98 Å². The summed E-state index contributed by atoms with van der Waals surface area (Å²) in [6.45, 7) is 8.35. The zero-order valence-electron chi connectivity index (χ0n) is 12.1. The molecule has 0 aliphatic rings. The number of nitrogens with zero attached hydrogens (tertiary/aromatic N) is 1. The Morgan fingerprint density at radius 2 is 1.90 bits per heavy atom.